The molecule has 1 heterocycles. The van der Waals surface area contributed by atoms with Crippen LogP contribution in [0.15, 0.2) is 43.2 Å². The molecule has 0 saturated heterocycles. The zero-order valence-electron chi connectivity index (χ0n) is 11.4. The van der Waals surface area contributed by atoms with E-state index in [9.17, 15) is 4.39 Å². The lowest BCUT2D eigenvalue weighted by Crippen LogP contribution is -2.24. The second kappa shape index (κ2) is 6.68. The second-order valence-electron chi connectivity index (χ2n) is 4.64. The van der Waals surface area contributed by atoms with Crippen LogP contribution in [0.5, 0.6) is 0 Å². The van der Waals surface area contributed by atoms with Crippen LogP contribution in [-0.4, -0.2) is 21.0 Å². The van der Waals surface area contributed by atoms with Crippen LogP contribution in [0.2, 0.25) is 5.15 Å². The van der Waals surface area contributed by atoms with Gasteiger partial charge in [-0.2, -0.15) is 0 Å². The third-order valence-electron chi connectivity index (χ3n) is 3.12. The average molecular weight is 294 g/mol. The van der Waals surface area contributed by atoms with E-state index in [1.807, 2.05) is 17.7 Å². The molecule has 0 unspecified atom stereocenters. The van der Waals surface area contributed by atoms with Gasteiger partial charge in [-0.3, -0.25) is 4.90 Å². The highest BCUT2D eigenvalue weighted by molar-refractivity contribution is 6.30. The van der Waals surface area contributed by atoms with Crippen molar-refractivity contribution in [2.24, 2.45) is 7.05 Å². The highest BCUT2D eigenvalue weighted by atomic mass is 35.5. The summed E-state index contributed by atoms with van der Waals surface area (Å²) < 4.78 is 15.6. The van der Waals surface area contributed by atoms with E-state index in [1.165, 1.54) is 6.07 Å². The highest BCUT2D eigenvalue weighted by Gasteiger charge is 2.13. The Morgan fingerprint density at radius 2 is 2.15 bits per heavy atom. The van der Waals surface area contributed by atoms with Crippen LogP contribution in [0.25, 0.3) is 0 Å². The third kappa shape index (κ3) is 3.46. The number of halogens is 2. The van der Waals surface area contributed by atoms with Gasteiger partial charge < -0.3 is 4.57 Å². The third-order valence-corrected chi connectivity index (χ3v) is 3.44. The largest absolute Gasteiger partial charge is 0.335 e. The summed E-state index contributed by atoms with van der Waals surface area (Å²) in [6, 6.07) is 6.78. The molecule has 0 radical (unpaired) electrons. The van der Waals surface area contributed by atoms with E-state index in [0.717, 1.165) is 5.69 Å². The van der Waals surface area contributed by atoms with Gasteiger partial charge in [-0.15, -0.1) is 6.58 Å². The Bertz CT molecular complexity index is 575. The predicted octanol–water partition coefficient (Wildman–Crippen LogP) is 3.40. The van der Waals surface area contributed by atoms with Gasteiger partial charge in [0.05, 0.1) is 12.0 Å². The number of hydrogen-bond donors (Lipinski definition) is 0. The topological polar surface area (TPSA) is 21.1 Å². The van der Waals surface area contributed by atoms with Gasteiger partial charge in [0, 0.05) is 32.2 Å². The first-order chi connectivity index (χ1) is 9.61. The second-order valence-corrected chi connectivity index (χ2v) is 5.00. The fraction of sp³-hybridized carbons (Fsp3) is 0.267. The summed E-state index contributed by atoms with van der Waals surface area (Å²) in [5, 5.41) is 0.482. The zero-order valence-corrected chi connectivity index (χ0v) is 12.1. The Morgan fingerprint density at radius 3 is 2.75 bits per heavy atom. The lowest BCUT2D eigenvalue weighted by Gasteiger charge is -2.21. The van der Waals surface area contributed by atoms with Crippen LogP contribution >= 0.6 is 11.6 Å². The molecule has 0 spiro atoms. The molecular formula is C15H17ClFN3. The summed E-state index contributed by atoms with van der Waals surface area (Å²) in [5.41, 5.74) is 1.57. The monoisotopic (exact) mass is 293 g/mol. The molecule has 20 heavy (non-hydrogen) atoms. The number of rotatable bonds is 6. The number of benzene rings is 1. The number of nitrogens with zero attached hydrogens (tertiary/aromatic N) is 3. The average Bonchev–Trinajstić information content (AvgIpc) is 2.73. The van der Waals surface area contributed by atoms with E-state index in [2.05, 4.69) is 16.5 Å². The Labute approximate surface area is 123 Å². The van der Waals surface area contributed by atoms with Gasteiger partial charge in [0.2, 0.25) is 0 Å². The smallest absolute Gasteiger partial charge is 0.151 e. The molecule has 106 valence electrons. The van der Waals surface area contributed by atoms with E-state index in [0.29, 0.717) is 30.4 Å². The summed E-state index contributed by atoms with van der Waals surface area (Å²) in [6.07, 6.45) is 3.47. The molecule has 0 fully saturated rings. The van der Waals surface area contributed by atoms with E-state index in [4.69, 9.17) is 11.6 Å². The minimum absolute atomic E-state index is 0.197. The summed E-state index contributed by atoms with van der Waals surface area (Å²) >= 11 is 6.07. The maximum absolute atomic E-state index is 13.7. The van der Waals surface area contributed by atoms with Crippen LogP contribution in [0.1, 0.15) is 11.3 Å². The molecule has 1 aromatic heterocycles. The molecule has 2 aromatic rings. The summed E-state index contributed by atoms with van der Waals surface area (Å²) in [4.78, 5) is 6.12. The normalized spacial score (nSPS) is 11.0. The molecule has 0 atom stereocenters. The Balaban J connectivity index is 2.16. The first kappa shape index (κ1) is 14.8. The number of aryl methyl sites for hydroxylation is 1. The number of hydrogen-bond acceptors (Lipinski definition) is 2. The molecule has 0 aliphatic rings. The van der Waals surface area contributed by atoms with Crippen LogP contribution in [0, 0.1) is 5.82 Å². The molecule has 0 amide bonds. The Hall–Kier alpha value is -1.65. The van der Waals surface area contributed by atoms with Crippen molar-refractivity contribution in [3.05, 3.63) is 65.5 Å². The minimum Gasteiger partial charge on any atom is -0.335 e. The van der Waals surface area contributed by atoms with Gasteiger partial charge in [0.15, 0.2) is 5.15 Å². The first-order valence-electron chi connectivity index (χ1n) is 6.34. The van der Waals surface area contributed by atoms with Crippen molar-refractivity contribution in [1.82, 2.24) is 14.5 Å². The number of imidazole rings is 1. The fourth-order valence-corrected chi connectivity index (χ4v) is 2.29. The quantitative estimate of drug-likeness (QED) is 0.761. The Morgan fingerprint density at radius 1 is 1.40 bits per heavy atom. The van der Waals surface area contributed by atoms with Crippen LogP contribution in [0.3, 0.4) is 0 Å². The van der Waals surface area contributed by atoms with Crippen molar-refractivity contribution >= 4 is 11.6 Å². The van der Waals surface area contributed by atoms with Crippen molar-refractivity contribution in [2.45, 2.75) is 13.1 Å². The van der Waals surface area contributed by atoms with Crippen molar-refractivity contribution in [2.75, 3.05) is 6.54 Å². The van der Waals surface area contributed by atoms with Gasteiger partial charge in [0.1, 0.15) is 5.82 Å². The summed E-state index contributed by atoms with van der Waals surface area (Å²) in [5.74, 6) is -0.197. The first-order valence-corrected chi connectivity index (χ1v) is 6.72. The molecule has 0 bridgehead atoms. The van der Waals surface area contributed by atoms with Gasteiger partial charge in [0.25, 0.3) is 0 Å². The van der Waals surface area contributed by atoms with E-state index < -0.39 is 0 Å². The van der Waals surface area contributed by atoms with Crippen LogP contribution in [-0.2, 0) is 20.1 Å². The highest BCUT2D eigenvalue weighted by Crippen LogP contribution is 2.17. The van der Waals surface area contributed by atoms with Crippen LogP contribution in [0.4, 0.5) is 4.39 Å². The lowest BCUT2D eigenvalue weighted by molar-refractivity contribution is 0.275. The lowest BCUT2D eigenvalue weighted by atomic mass is 10.2. The van der Waals surface area contributed by atoms with Gasteiger partial charge >= 0.3 is 0 Å². The van der Waals surface area contributed by atoms with Gasteiger partial charge in [-0.05, 0) is 6.07 Å². The maximum Gasteiger partial charge on any atom is 0.151 e. The molecule has 0 aliphatic heterocycles. The molecule has 0 N–H and O–H groups in total. The molecule has 0 saturated carbocycles. The zero-order chi connectivity index (χ0) is 14.5. The maximum atomic E-state index is 13.7. The Kier molecular flexibility index (Phi) is 4.93. The van der Waals surface area contributed by atoms with E-state index in [1.54, 1.807) is 24.5 Å². The SMILES string of the molecule is C=CCN(Cc1ccccc1F)Cc1c(Cl)ncn1C. The van der Waals surface area contributed by atoms with Gasteiger partial charge in [-0.1, -0.05) is 35.9 Å². The van der Waals surface area contributed by atoms with E-state index >= 15 is 0 Å². The minimum atomic E-state index is -0.197. The van der Waals surface area contributed by atoms with Crippen molar-refractivity contribution in [3.8, 4) is 0 Å². The van der Waals surface area contributed by atoms with Crippen molar-refractivity contribution in [1.29, 1.82) is 0 Å². The predicted molar refractivity (Wildman–Crippen MR) is 78.9 cm³/mol. The number of aromatic nitrogens is 2. The molecular weight excluding hydrogens is 277 g/mol. The van der Waals surface area contributed by atoms with Gasteiger partial charge in [-0.25, -0.2) is 9.37 Å². The van der Waals surface area contributed by atoms with Crippen LogP contribution < -0.4 is 0 Å². The van der Waals surface area contributed by atoms with E-state index in [-0.39, 0.29) is 5.82 Å². The summed E-state index contributed by atoms with van der Waals surface area (Å²) in [6.45, 7) is 5.49. The molecule has 2 rings (SSSR count). The molecule has 3 nitrogen and oxygen atoms in total. The molecule has 0 aliphatic carbocycles. The van der Waals surface area contributed by atoms with Crippen molar-refractivity contribution < 1.29 is 4.39 Å². The molecule has 5 heteroatoms. The standard InChI is InChI=1S/C15H17ClFN3/c1-3-8-20(9-12-6-4-5-7-13(12)17)10-14-15(16)18-11-19(14)2/h3-7,11H,1,8-10H2,2H3. The summed E-state index contributed by atoms with van der Waals surface area (Å²) in [7, 11) is 1.89. The van der Waals surface area contributed by atoms with Crippen molar-refractivity contribution in [3.63, 3.8) is 0 Å². The molecule has 1 aromatic carbocycles. The fourth-order valence-electron chi connectivity index (χ4n) is 2.05.